The standard InChI is InChI=1S/C16H16N2O5S/c1-9-8-24-14(18-12(9)15(20)21)13(16(22)23)17-11(19)7-10-5-3-2-4-6-10/h2-6,13-14H,1,7-8H2,(H,17,19)(H,20,21)(H,22,23)/t13-,14-/m1/s1. The minimum Gasteiger partial charge on any atom is -0.480 e. The van der Waals surface area contributed by atoms with Gasteiger partial charge in [0.15, 0.2) is 6.04 Å². The second-order valence-corrected chi connectivity index (χ2v) is 6.24. The third-order valence-corrected chi connectivity index (χ3v) is 4.53. The minimum absolute atomic E-state index is 0.0320. The number of aliphatic carboxylic acids is 2. The molecule has 1 aliphatic heterocycles. The van der Waals surface area contributed by atoms with Crippen molar-refractivity contribution >= 4 is 35.3 Å². The molecule has 0 saturated heterocycles. The Morgan fingerprint density at radius 1 is 1.29 bits per heavy atom. The first-order chi connectivity index (χ1) is 11.4. The van der Waals surface area contributed by atoms with Gasteiger partial charge in [0.2, 0.25) is 5.91 Å². The smallest absolute Gasteiger partial charge is 0.354 e. The summed E-state index contributed by atoms with van der Waals surface area (Å²) in [4.78, 5) is 38.6. The molecule has 2 rings (SSSR count). The van der Waals surface area contributed by atoms with Gasteiger partial charge < -0.3 is 15.5 Å². The Labute approximate surface area is 142 Å². The van der Waals surface area contributed by atoms with Crippen LogP contribution >= 0.6 is 11.8 Å². The molecule has 0 aliphatic carbocycles. The molecular formula is C16H16N2O5S. The fourth-order valence-electron chi connectivity index (χ4n) is 2.15. The van der Waals surface area contributed by atoms with Gasteiger partial charge in [-0.25, -0.2) is 9.59 Å². The van der Waals surface area contributed by atoms with Crippen molar-refractivity contribution in [3.8, 4) is 0 Å². The van der Waals surface area contributed by atoms with Crippen LogP contribution in [0.1, 0.15) is 5.56 Å². The predicted octanol–water partition coefficient (Wildman–Crippen LogP) is 0.953. The Morgan fingerprint density at radius 3 is 2.54 bits per heavy atom. The fourth-order valence-corrected chi connectivity index (χ4v) is 3.21. The van der Waals surface area contributed by atoms with Gasteiger partial charge in [0.1, 0.15) is 11.1 Å². The van der Waals surface area contributed by atoms with Crippen LogP contribution in [0.4, 0.5) is 0 Å². The summed E-state index contributed by atoms with van der Waals surface area (Å²) in [5, 5.41) is 20.0. The highest BCUT2D eigenvalue weighted by Crippen LogP contribution is 2.25. The van der Waals surface area contributed by atoms with Crippen molar-refractivity contribution < 1.29 is 24.6 Å². The molecule has 7 nitrogen and oxygen atoms in total. The molecule has 2 atom stereocenters. The summed E-state index contributed by atoms with van der Waals surface area (Å²) in [6.45, 7) is 3.61. The lowest BCUT2D eigenvalue weighted by molar-refractivity contribution is -0.141. The van der Waals surface area contributed by atoms with Crippen LogP contribution in [0, 0.1) is 0 Å². The first kappa shape index (κ1) is 17.7. The Bertz CT molecular complexity index is 702. The lowest BCUT2D eigenvalue weighted by Gasteiger charge is -2.25. The summed E-state index contributed by atoms with van der Waals surface area (Å²) in [7, 11) is 0. The topological polar surface area (TPSA) is 116 Å². The second-order valence-electron chi connectivity index (χ2n) is 5.13. The lowest BCUT2D eigenvalue weighted by Crippen LogP contribution is -2.49. The maximum atomic E-state index is 12.1. The molecule has 0 bridgehead atoms. The Hall–Kier alpha value is -2.61. The van der Waals surface area contributed by atoms with Crippen molar-refractivity contribution in [2.45, 2.75) is 17.8 Å². The van der Waals surface area contributed by atoms with Crippen LogP contribution in [-0.2, 0) is 20.8 Å². The number of carbonyl (C=O) groups excluding carboxylic acids is 1. The molecule has 1 aromatic carbocycles. The SMILES string of the molecule is C=C1CS[C@H]([C@@H](NC(=O)Cc2ccccc2)C(=O)O)N=C1C(=O)O. The number of carboxylic acids is 2. The summed E-state index contributed by atoms with van der Waals surface area (Å²) in [6, 6.07) is 7.58. The van der Waals surface area contributed by atoms with Crippen LogP contribution in [0.5, 0.6) is 0 Å². The number of carboxylic acid groups (broad SMARTS) is 2. The highest BCUT2D eigenvalue weighted by molar-refractivity contribution is 8.00. The van der Waals surface area contributed by atoms with Gasteiger partial charge in [0.25, 0.3) is 0 Å². The molecule has 1 heterocycles. The van der Waals surface area contributed by atoms with Crippen molar-refractivity contribution in [3.05, 3.63) is 48.0 Å². The molecule has 1 aromatic rings. The number of thioether (sulfide) groups is 1. The molecule has 24 heavy (non-hydrogen) atoms. The summed E-state index contributed by atoms with van der Waals surface area (Å²) in [5.74, 6) is -2.75. The van der Waals surface area contributed by atoms with Crippen LogP contribution < -0.4 is 5.32 Å². The van der Waals surface area contributed by atoms with E-state index in [4.69, 9.17) is 5.11 Å². The molecule has 126 valence electrons. The molecule has 0 unspecified atom stereocenters. The fraction of sp³-hybridized carbons (Fsp3) is 0.250. The third kappa shape index (κ3) is 4.45. The first-order valence-electron chi connectivity index (χ1n) is 7.05. The number of hydrogen-bond acceptors (Lipinski definition) is 5. The minimum atomic E-state index is -1.31. The van der Waals surface area contributed by atoms with Gasteiger partial charge in [-0.1, -0.05) is 36.9 Å². The van der Waals surface area contributed by atoms with Crippen LogP contribution in [0.3, 0.4) is 0 Å². The van der Waals surface area contributed by atoms with Gasteiger partial charge in [0, 0.05) is 5.75 Å². The molecule has 0 fully saturated rings. The van der Waals surface area contributed by atoms with Crippen molar-refractivity contribution in [1.82, 2.24) is 5.32 Å². The van der Waals surface area contributed by atoms with E-state index >= 15 is 0 Å². The molecule has 0 saturated carbocycles. The quantitative estimate of drug-likeness (QED) is 0.705. The zero-order chi connectivity index (χ0) is 17.7. The number of benzene rings is 1. The summed E-state index contributed by atoms with van der Waals surface area (Å²) in [5.41, 5.74) is 0.823. The third-order valence-electron chi connectivity index (χ3n) is 3.30. The normalized spacial score (nSPS) is 18.4. The maximum Gasteiger partial charge on any atom is 0.354 e. The number of carbonyl (C=O) groups is 3. The summed E-state index contributed by atoms with van der Waals surface area (Å²) >= 11 is 1.13. The Kier molecular flexibility index (Phi) is 5.75. The van der Waals surface area contributed by atoms with Crippen LogP contribution in [-0.4, -0.2) is 50.9 Å². The van der Waals surface area contributed by atoms with Gasteiger partial charge in [-0.05, 0) is 11.1 Å². The zero-order valence-electron chi connectivity index (χ0n) is 12.6. The number of amides is 1. The molecule has 8 heteroatoms. The number of aliphatic imine (C=N–C) groups is 1. The summed E-state index contributed by atoms with van der Waals surface area (Å²) < 4.78 is 0. The van der Waals surface area contributed by atoms with E-state index in [1.807, 2.05) is 6.07 Å². The Balaban J connectivity index is 2.12. The van der Waals surface area contributed by atoms with Crippen LogP contribution in [0.15, 0.2) is 47.5 Å². The van der Waals surface area contributed by atoms with Gasteiger partial charge in [0.05, 0.1) is 6.42 Å². The van der Waals surface area contributed by atoms with E-state index in [1.54, 1.807) is 24.3 Å². The van der Waals surface area contributed by atoms with Crippen LogP contribution in [0.25, 0.3) is 0 Å². The number of nitrogens with one attached hydrogen (secondary N) is 1. The summed E-state index contributed by atoms with van der Waals surface area (Å²) in [6.07, 6.45) is 0.0320. The van der Waals surface area contributed by atoms with Crippen LogP contribution in [0.2, 0.25) is 0 Å². The monoisotopic (exact) mass is 348 g/mol. The van der Waals surface area contributed by atoms with Crippen molar-refractivity contribution in [1.29, 1.82) is 0 Å². The largest absolute Gasteiger partial charge is 0.480 e. The molecule has 0 spiro atoms. The molecule has 1 amide bonds. The van der Waals surface area contributed by atoms with Gasteiger partial charge in [-0.15, -0.1) is 11.8 Å². The molecule has 0 aromatic heterocycles. The number of hydrogen-bond donors (Lipinski definition) is 3. The van der Waals surface area contributed by atoms with E-state index in [2.05, 4.69) is 16.9 Å². The number of rotatable bonds is 6. The predicted molar refractivity (Wildman–Crippen MR) is 90.2 cm³/mol. The van der Waals surface area contributed by atoms with Crippen molar-refractivity contribution in [3.63, 3.8) is 0 Å². The van der Waals surface area contributed by atoms with Gasteiger partial charge in [-0.3, -0.25) is 9.79 Å². The zero-order valence-corrected chi connectivity index (χ0v) is 13.5. The molecule has 1 aliphatic rings. The van der Waals surface area contributed by atoms with E-state index in [9.17, 15) is 19.5 Å². The van der Waals surface area contributed by atoms with E-state index in [0.717, 1.165) is 17.3 Å². The lowest BCUT2D eigenvalue weighted by atomic mass is 10.1. The Morgan fingerprint density at radius 2 is 1.96 bits per heavy atom. The van der Waals surface area contributed by atoms with E-state index in [0.29, 0.717) is 5.57 Å². The first-order valence-corrected chi connectivity index (χ1v) is 8.10. The number of nitrogens with zero attached hydrogens (tertiary/aromatic N) is 1. The van der Waals surface area contributed by atoms with Crippen molar-refractivity contribution in [2.24, 2.45) is 4.99 Å². The average Bonchev–Trinajstić information content (AvgIpc) is 2.53. The highest BCUT2D eigenvalue weighted by Gasteiger charge is 2.34. The van der Waals surface area contributed by atoms with E-state index < -0.39 is 29.3 Å². The van der Waals surface area contributed by atoms with Crippen molar-refractivity contribution in [2.75, 3.05) is 5.75 Å². The molecule has 0 radical (unpaired) electrons. The van der Waals surface area contributed by atoms with E-state index in [-0.39, 0.29) is 17.9 Å². The molecule has 3 N–H and O–H groups in total. The maximum absolute atomic E-state index is 12.1. The van der Waals surface area contributed by atoms with E-state index in [1.165, 1.54) is 0 Å². The van der Waals surface area contributed by atoms with Gasteiger partial charge in [-0.2, -0.15) is 0 Å². The second kappa shape index (κ2) is 7.78. The highest BCUT2D eigenvalue weighted by atomic mass is 32.2. The average molecular weight is 348 g/mol. The molecular weight excluding hydrogens is 332 g/mol. The van der Waals surface area contributed by atoms with Gasteiger partial charge >= 0.3 is 11.9 Å².